The van der Waals surface area contributed by atoms with E-state index in [1.54, 1.807) is 50.2 Å². The van der Waals surface area contributed by atoms with E-state index >= 15 is 0 Å². The molecule has 0 unspecified atom stereocenters. The summed E-state index contributed by atoms with van der Waals surface area (Å²) < 4.78 is 6.32. The minimum absolute atomic E-state index is 0.0307. The van der Waals surface area contributed by atoms with Gasteiger partial charge in [-0.1, -0.05) is 29.3 Å². The van der Waals surface area contributed by atoms with Crippen molar-refractivity contribution in [3.05, 3.63) is 81.4 Å². The highest BCUT2D eigenvalue weighted by molar-refractivity contribution is 6.30. The number of ether oxygens (including phenoxy) is 1. The Labute approximate surface area is 178 Å². The molecule has 3 rings (SSSR count). The maximum absolute atomic E-state index is 13.1. The number of esters is 1. The number of hydrogen-bond donors (Lipinski definition) is 2. The third kappa shape index (κ3) is 4.41. The van der Waals surface area contributed by atoms with Crippen LogP contribution in [-0.4, -0.2) is 28.3 Å². The van der Waals surface area contributed by atoms with Gasteiger partial charge in [0.1, 0.15) is 0 Å². The molecule has 0 saturated carbocycles. The number of aromatic nitrogens is 2. The van der Waals surface area contributed by atoms with Gasteiger partial charge in [-0.3, -0.25) is 10.2 Å². The van der Waals surface area contributed by atoms with Crippen molar-refractivity contribution in [1.29, 1.82) is 5.41 Å². The number of nitrogens with one attached hydrogen (secondary N) is 2. The minimum atomic E-state index is -0.665. The van der Waals surface area contributed by atoms with E-state index in [9.17, 15) is 9.59 Å². The first-order chi connectivity index (χ1) is 14.3. The van der Waals surface area contributed by atoms with Crippen LogP contribution < -0.4 is 10.8 Å². The molecule has 8 heteroatoms. The van der Waals surface area contributed by atoms with E-state index in [4.69, 9.17) is 21.7 Å². The van der Waals surface area contributed by atoms with Gasteiger partial charge in [0.2, 0.25) is 0 Å². The van der Waals surface area contributed by atoms with Gasteiger partial charge < -0.3 is 10.1 Å². The first kappa shape index (κ1) is 21.3. The molecule has 3 aromatic rings. The molecule has 1 amide bonds. The Bertz CT molecular complexity index is 1150. The van der Waals surface area contributed by atoms with Crippen LogP contribution in [0.5, 0.6) is 0 Å². The summed E-state index contributed by atoms with van der Waals surface area (Å²) in [5.41, 5.74) is 2.23. The van der Waals surface area contributed by atoms with E-state index in [0.29, 0.717) is 16.4 Å². The largest absolute Gasteiger partial charge is 0.461 e. The average molecular weight is 425 g/mol. The zero-order valence-corrected chi connectivity index (χ0v) is 17.6. The van der Waals surface area contributed by atoms with Crippen LogP contribution in [0, 0.1) is 19.3 Å². The van der Waals surface area contributed by atoms with Crippen LogP contribution in [-0.2, 0) is 4.74 Å². The number of carbonyl (C=O) groups is 2. The minimum Gasteiger partial charge on any atom is -0.461 e. The molecule has 0 radical (unpaired) electrons. The molecular weight excluding hydrogens is 404 g/mol. The molecule has 0 aliphatic rings. The molecule has 0 fully saturated rings. The summed E-state index contributed by atoms with van der Waals surface area (Å²) in [7, 11) is 0. The SMILES string of the molecule is CCOC(=O)c1nn(-c2ccc(Cl)cc2)c(=N)c(C(=O)Nc2ccc(C)cc2)c1C. The second-order valence-electron chi connectivity index (χ2n) is 6.63. The predicted molar refractivity (Wildman–Crippen MR) is 114 cm³/mol. The monoisotopic (exact) mass is 424 g/mol. The Morgan fingerprint density at radius 1 is 1.10 bits per heavy atom. The van der Waals surface area contributed by atoms with E-state index in [2.05, 4.69) is 10.4 Å². The van der Waals surface area contributed by atoms with Crippen LogP contribution in [0.1, 0.15) is 38.9 Å². The summed E-state index contributed by atoms with van der Waals surface area (Å²) in [6, 6.07) is 13.9. The number of aryl methyl sites for hydroxylation is 1. The van der Waals surface area contributed by atoms with Crippen LogP contribution in [0.15, 0.2) is 48.5 Å². The number of amides is 1. The van der Waals surface area contributed by atoms with Crippen LogP contribution in [0.4, 0.5) is 5.69 Å². The number of halogens is 1. The molecule has 0 bridgehead atoms. The summed E-state index contributed by atoms with van der Waals surface area (Å²) in [4.78, 5) is 25.5. The van der Waals surface area contributed by atoms with Gasteiger partial charge in [0.05, 0.1) is 17.9 Å². The third-order valence-electron chi connectivity index (χ3n) is 4.46. The third-order valence-corrected chi connectivity index (χ3v) is 4.71. The fraction of sp³-hybridized carbons (Fsp3) is 0.182. The summed E-state index contributed by atoms with van der Waals surface area (Å²) in [6.45, 7) is 5.37. The molecule has 7 nitrogen and oxygen atoms in total. The highest BCUT2D eigenvalue weighted by atomic mass is 35.5. The summed E-state index contributed by atoms with van der Waals surface area (Å²) in [5, 5.41) is 16.2. The van der Waals surface area contributed by atoms with Gasteiger partial charge in [-0.15, -0.1) is 0 Å². The van der Waals surface area contributed by atoms with Crippen molar-refractivity contribution in [1.82, 2.24) is 9.78 Å². The second-order valence-corrected chi connectivity index (χ2v) is 7.06. The van der Waals surface area contributed by atoms with Crippen molar-refractivity contribution in [2.45, 2.75) is 20.8 Å². The van der Waals surface area contributed by atoms with Gasteiger partial charge in [-0.25, -0.2) is 9.48 Å². The lowest BCUT2D eigenvalue weighted by molar-refractivity contribution is 0.0516. The summed E-state index contributed by atoms with van der Waals surface area (Å²) in [6.07, 6.45) is 0. The zero-order chi connectivity index (χ0) is 21.8. The van der Waals surface area contributed by atoms with Gasteiger partial charge in [0.15, 0.2) is 11.2 Å². The first-order valence-electron chi connectivity index (χ1n) is 9.31. The van der Waals surface area contributed by atoms with Crippen LogP contribution in [0.3, 0.4) is 0 Å². The number of hydrogen-bond acceptors (Lipinski definition) is 5. The maximum Gasteiger partial charge on any atom is 0.359 e. The smallest absolute Gasteiger partial charge is 0.359 e. The standard InChI is InChI=1S/C22H21ClN4O3/c1-4-30-22(29)19-14(3)18(21(28)25-16-9-5-13(2)6-10-16)20(24)27(26-19)17-11-7-15(23)8-12-17/h5-12,24H,4H2,1-3H3,(H,25,28). The Balaban J connectivity index is 2.15. The van der Waals surface area contributed by atoms with E-state index in [1.807, 2.05) is 19.1 Å². The quantitative estimate of drug-likeness (QED) is 0.604. The Morgan fingerprint density at radius 3 is 2.33 bits per heavy atom. The Hall–Kier alpha value is -3.45. The molecule has 0 saturated heterocycles. The topological polar surface area (TPSA) is 97.1 Å². The lowest BCUT2D eigenvalue weighted by atomic mass is 10.1. The van der Waals surface area contributed by atoms with Crippen molar-refractivity contribution in [3.8, 4) is 5.69 Å². The van der Waals surface area contributed by atoms with Gasteiger partial charge in [0, 0.05) is 16.3 Å². The lowest BCUT2D eigenvalue weighted by Gasteiger charge is -2.15. The van der Waals surface area contributed by atoms with Crippen LogP contribution >= 0.6 is 11.6 Å². The first-order valence-corrected chi connectivity index (χ1v) is 9.69. The Morgan fingerprint density at radius 2 is 1.73 bits per heavy atom. The van der Waals surface area contributed by atoms with Crippen LogP contribution in [0.25, 0.3) is 5.69 Å². The molecule has 0 aliphatic heterocycles. The molecule has 0 atom stereocenters. The highest BCUT2D eigenvalue weighted by Crippen LogP contribution is 2.16. The number of benzene rings is 2. The number of carbonyl (C=O) groups excluding carboxylic acids is 2. The fourth-order valence-corrected chi connectivity index (χ4v) is 3.02. The summed E-state index contributed by atoms with van der Waals surface area (Å²) >= 11 is 5.96. The Kier molecular flexibility index (Phi) is 6.32. The fourth-order valence-electron chi connectivity index (χ4n) is 2.90. The van der Waals surface area contributed by atoms with Crippen molar-refractivity contribution in [2.24, 2.45) is 0 Å². The van der Waals surface area contributed by atoms with E-state index in [1.165, 1.54) is 4.68 Å². The van der Waals surface area contributed by atoms with Crippen molar-refractivity contribution in [2.75, 3.05) is 11.9 Å². The maximum atomic E-state index is 13.1. The number of anilines is 1. The van der Waals surface area contributed by atoms with Crippen molar-refractivity contribution in [3.63, 3.8) is 0 Å². The molecule has 30 heavy (non-hydrogen) atoms. The summed E-state index contributed by atoms with van der Waals surface area (Å²) in [5.74, 6) is -1.18. The average Bonchev–Trinajstić information content (AvgIpc) is 2.71. The molecule has 2 N–H and O–H groups in total. The van der Waals surface area contributed by atoms with Gasteiger partial charge >= 0.3 is 5.97 Å². The van der Waals surface area contributed by atoms with Gasteiger partial charge in [-0.2, -0.15) is 5.10 Å². The van der Waals surface area contributed by atoms with E-state index in [-0.39, 0.29) is 28.9 Å². The molecule has 154 valence electrons. The molecular formula is C22H21ClN4O3. The number of nitrogens with zero attached hydrogens (tertiary/aromatic N) is 2. The lowest BCUT2D eigenvalue weighted by Crippen LogP contribution is -2.34. The van der Waals surface area contributed by atoms with Crippen molar-refractivity contribution >= 4 is 29.2 Å². The van der Waals surface area contributed by atoms with Gasteiger partial charge in [0.25, 0.3) is 5.91 Å². The van der Waals surface area contributed by atoms with Gasteiger partial charge in [-0.05, 0) is 57.2 Å². The van der Waals surface area contributed by atoms with Crippen molar-refractivity contribution < 1.29 is 14.3 Å². The second kappa shape index (κ2) is 8.92. The highest BCUT2D eigenvalue weighted by Gasteiger charge is 2.23. The molecule has 0 aliphatic carbocycles. The molecule has 0 spiro atoms. The number of rotatable bonds is 5. The molecule has 2 aromatic carbocycles. The molecule has 1 heterocycles. The zero-order valence-electron chi connectivity index (χ0n) is 16.8. The predicted octanol–water partition coefficient (Wildman–Crippen LogP) is 4.05. The molecule has 1 aromatic heterocycles. The van der Waals surface area contributed by atoms with E-state index in [0.717, 1.165) is 5.56 Å². The van der Waals surface area contributed by atoms with Crippen LogP contribution in [0.2, 0.25) is 5.02 Å². The van der Waals surface area contributed by atoms with E-state index < -0.39 is 11.9 Å². The normalized spacial score (nSPS) is 10.5.